The minimum atomic E-state index is -0.478. The summed E-state index contributed by atoms with van der Waals surface area (Å²) in [6.45, 7) is 0.383. The molecule has 2 aromatic rings. The molecule has 0 saturated heterocycles. The van der Waals surface area contributed by atoms with Gasteiger partial charge in [-0.25, -0.2) is 0 Å². The van der Waals surface area contributed by atoms with Gasteiger partial charge in [-0.05, 0) is 29.8 Å². The Morgan fingerprint density at radius 3 is 2.75 bits per heavy atom. The molecule has 2 aromatic carbocycles. The molecule has 4 nitrogen and oxygen atoms in total. The van der Waals surface area contributed by atoms with Crippen molar-refractivity contribution >= 4 is 23.2 Å². The third-order valence-corrected chi connectivity index (χ3v) is 3.09. The summed E-state index contributed by atoms with van der Waals surface area (Å²) in [5.74, 6) is -0.478. The number of anilines is 1. The summed E-state index contributed by atoms with van der Waals surface area (Å²) >= 11 is 5.91. The average molecular weight is 286 g/mol. The van der Waals surface area contributed by atoms with Crippen LogP contribution in [0, 0.1) is 11.3 Å². The van der Waals surface area contributed by atoms with E-state index in [-0.39, 0.29) is 0 Å². The van der Waals surface area contributed by atoms with Crippen molar-refractivity contribution in [1.82, 2.24) is 0 Å². The highest BCUT2D eigenvalue weighted by Crippen LogP contribution is 2.21. The highest BCUT2D eigenvalue weighted by molar-refractivity contribution is 6.30. The quantitative estimate of drug-likeness (QED) is 0.906. The minimum Gasteiger partial charge on any atom is -0.380 e. The number of hydrogen-bond donors (Lipinski definition) is 2. The lowest BCUT2D eigenvalue weighted by atomic mass is 10.1. The molecule has 0 aliphatic heterocycles. The second-order valence-electron chi connectivity index (χ2n) is 4.18. The summed E-state index contributed by atoms with van der Waals surface area (Å²) in [5.41, 5.74) is 7.67. The average Bonchev–Trinajstić information content (AvgIpc) is 2.45. The Morgan fingerprint density at radius 1 is 1.30 bits per heavy atom. The van der Waals surface area contributed by atoms with Crippen molar-refractivity contribution in [2.45, 2.75) is 6.54 Å². The zero-order valence-electron chi connectivity index (χ0n) is 10.6. The van der Waals surface area contributed by atoms with E-state index in [1.54, 1.807) is 30.3 Å². The monoisotopic (exact) mass is 285 g/mol. The van der Waals surface area contributed by atoms with Crippen LogP contribution in [0.25, 0.3) is 0 Å². The number of nitrogens with one attached hydrogen (secondary N) is 1. The fraction of sp³-hybridized carbons (Fsp3) is 0.0667. The molecular formula is C15H12ClN3O. The predicted molar refractivity (Wildman–Crippen MR) is 78.5 cm³/mol. The zero-order chi connectivity index (χ0) is 14.5. The Bertz CT molecular complexity index is 692. The van der Waals surface area contributed by atoms with Crippen LogP contribution in [0.1, 0.15) is 21.5 Å². The van der Waals surface area contributed by atoms with Crippen molar-refractivity contribution in [1.29, 1.82) is 5.26 Å². The van der Waals surface area contributed by atoms with Gasteiger partial charge in [0.15, 0.2) is 0 Å². The number of nitriles is 1. The number of carbonyl (C=O) groups excluding carboxylic acids is 1. The van der Waals surface area contributed by atoms with Gasteiger partial charge < -0.3 is 11.1 Å². The van der Waals surface area contributed by atoms with Crippen LogP contribution < -0.4 is 11.1 Å². The number of primary amides is 1. The van der Waals surface area contributed by atoms with E-state index in [1.807, 2.05) is 12.1 Å². The van der Waals surface area contributed by atoms with Crippen molar-refractivity contribution in [2.75, 3.05) is 5.32 Å². The van der Waals surface area contributed by atoms with E-state index in [0.717, 1.165) is 5.56 Å². The minimum absolute atomic E-state index is 0.383. The lowest BCUT2D eigenvalue weighted by molar-refractivity contribution is 0.0999. The molecule has 0 atom stereocenters. The molecule has 0 unspecified atom stereocenters. The fourth-order valence-corrected chi connectivity index (χ4v) is 2.04. The number of benzene rings is 2. The number of carbonyl (C=O) groups is 1. The maximum absolute atomic E-state index is 11.3. The Kier molecular flexibility index (Phi) is 4.24. The summed E-state index contributed by atoms with van der Waals surface area (Å²) in [6, 6.07) is 14.1. The summed E-state index contributed by atoms with van der Waals surface area (Å²) in [4.78, 5) is 11.3. The molecule has 0 fully saturated rings. The molecule has 3 N–H and O–H groups in total. The van der Waals surface area contributed by atoms with Gasteiger partial charge in [0, 0.05) is 17.1 Å². The fourth-order valence-electron chi connectivity index (χ4n) is 1.87. The zero-order valence-corrected chi connectivity index (χ0v) is 11.3. The van der Waals surface area contributed by atoms with Gasteiger partial charge in [0.1, 0.15) is 6.07 Å². The lowest BCUT2D eigenvalue weighted by Crippen LogP contribution is -2.15. The van der Waals surface area contributed by atoms with Gasteiger partial charge in [-0.3, -0.25) is 4.79 Å². The Morgan fingerprint density at radius 2 is 2.05 bits per heavy atom. The van der Waals surface area contributed by atoms with Crippen LogP contribution in [0.3, 0.4) is 0 Å². The van der Waals surface area contributed by atoms with Crippen LogP contribution in [-0.2, 0) is 6.54 Å². The first-order valence-corrected chi connectivity index (χ1v) is 6.31. The van der Waals surface area contributed by atoms with E-state index in [0.29, 0.717) is 28.4 Å². The van der Waals surface area contributed by atoms with Crippen LogP contribution in [0.5, 0.6) is 0 Å². The van der Waals surface area contributed by atoms with Gasteiger partial charge in [-0.15, -0.1) is 0 Å². The molecule has 0 bridgehead atoms. The van der Waals surface area contributed by atoms with E-state index >= 15 is 0 Å². The van der Waals surface area contributed by atoms with Gasteiger partial charge in [0.25, 0.3) is 0 Å². The number of nitrogens with zero attached hydrogens (tertiary/aromatic N) is 1. The SMILES string of the molecule is N#Cc1ccc(Cl)cc1NCc1ccccc1C(N)=O. The maximum Gasteiger partial charge on any atom is 0.249 e. The van der Waals surface area contributed by atoms with Crippen LogP contribution in [-0.4, -0.2) is 5.91 Å². The van der Waals surface area contributed by atoms with Crippen molar-refractivity contribution in [3.05, 3.63) is 64.2 Å². The van der Waals surface area contributed by atoms with Crippen molar-refractivity contribution in [3.63, 3.8) is 0 Å². The molecule has 0 aliphatic rings. The number of amides is 1. The van der Waals surface area contributed by atoms with Gasteiger partial charge in [0.2, 0.25) is 5.91 Å². The molecular weight excluding hydrogens is 274 g/mol. The number of halogens is 1. The summed E-state index contributed by atoms with van der Waals surface area (Å²) < 4.78 is 0. The van der Waals surface area contributed by atoms with Crippen molar-refractivity contribution in [3.8, 4) is 6.07 Å². The predicted octanol–water partition coefficient (Wildman–Crippen LogP) is 2.92. The first-order valence-electron chi connectivity index (χ1n) is 5.93. The van der Waals surface area contributed by atoms with Crippen molar-refractivity contribution < 1.29 is 4.79 Å². The van der Waals surface area contributed by atoms with Gasteiger partial charge in [-0.2, -0.15) is 5.26 Å². The molecule has 20 heavy (non-hydrogen) atoms. The molecule has 0 aromatic heterocycles. The van der Waals surface area contributed by atoms with Crippen LogP contribution in [0.2, 0.25) is 5.02 Å². The molecule has 0 radical (unpaired) electrons. The molecule has 100 valence electrons. The third kappa shape index (κ3) is 3.08. The molecule has 0 spiro atoms. The van der Waals surface area contributed by atoms with E-state index < -0.39 is 5.91 Å². The standard InChI is InChI=1S/C15H12ClN3O/c16-12-6-5-10(8-17)14(7-12)19-9-11-3-1-2-4-13(11)15(18)20/h1-7,19H,9H2,(H2,18,20). The summed E-state index contributed by atoms with van der Waals surface area (Å²) in [7, 11) is 0. The van der Waals surface area contributed by atoms with E-state index in [4.69, 9.17) is 22.6 Å². The second kappa shape index (κ2) is 6.09. The molecule has 0 saturated carbocycles. The largest absolute Gasteiger partial charge is 0.380 e. The third-order valence-electron chi connectivity index (χ3n) is 2.85. The molecule has 5 heteroatoms. The number of hydrogen-bond acceptors (Lipinski definition) is 3. The lowest BCUT2D eigenvalue weighted by Gasteiger charge is -2.11. The smallest absolute Gasteiger partial charge is 0.249 e. The summed E-state index contributed by atoms with van der Waals surface area (Å²) in [6.07, 6.45) is 0. The second-order valence-corrected chi connectivity index (χ2v) is 4.61. The maximum atomic E-state index is 11.3. The van der Waals surface area contributed by atoms with E-state index in [1.165, 1.54) is 0 Å². The molecule has 0 aliphatic carbocycles. The van der Waals surface area contributed by atoms with Crippen LogP contribution in [0.4, 0.5) is 5.69 Å². The number of rotatable bonds is 4. The van der Waals surface area contributed by atoms with Crippen LogP contribution in [0.15, 0.2) is 42.5 Å². The van der Waals surface area contributed by atoms with E-state index in [9.17, 15) is 4.79 Å². The first kappa shape index (κ1) is 13.9. The van der Waals surface area contributed by atoms with Crippen LogP contribution >= 0.6 is 11.6 Å². The first-order chi connectivity index (χ1) is 9.61. The molecule has 0 heterocycles. The Balaban J connectivity index is 2.24. The van der Waals surface area contributed by atoms with Crippen molar-refractivity contribution in [2.24, 2.45) is 5.73 Å². The summed E-state index contributed by atoms with van der Waals surface area (Å²) in [5, 5.41) is 12.7. The molecule has 2 rings (SSSR count). The Hall–Kier alpha value is -2.51. The number of nitrogens with two attached hydrogens (primary N) is 1. The van der Waals surface area contributed by atoms with E-state index in [2.05, 4.69) is 11.4 Å². The van der Waals surface area contributed by atoms with Gasteiger partial charge >= 0.3 is 0 Å². The van der Waals surface area contributed by atoms with Gasteiger partial charge in [-0.1, -0.05) is 29.8 Å². The topological polar surface area (TPSA) is 78.9 Å². The highest BCUT2D eigenvalue weighted by Gasteiger charge is 2.08. The highest BCUT2D eigenvalue weighted by atomic mass is 35.5. The molecule has 1 amide bonds. The normalized spacial score (nSPS) is 9.80. The Labute approximate surface area is 121 Å². The van der Waals surface area contributed by atoms with Gasteiger partial charge in [0.05, 0.1) is 11.3 Å².